The number of carboxylic acids is 1. The summed E-state index contributed by atoms with van der Waals surface area (Å²) in [6, 6.07) is 15.6. The highest BCUT2D eigenvalue weighted by Gasteiger charge is 2.35. The Bertz CT molecular complexity index is 1320. The first-order valence-electron chi connectivity index (χ1n) is 13.7. The molecule has 1 saturated carbocycles. The number of benzene rings is 3. The molecule has 0 amide bonds. The SMILES string of the molecule is CC[C@H](CC(=O)O)c1cccc(OCc2ccc(-c3cc(OC)ccc3F)c([C@@H]3CCCCC3(C)C)c2)c1F. The molecule has 6 heteroatoms. The highest BCUT2D eigenvalue weighted by Crippen LogP contribution is 2.49. The number of methoxy groups -OCH3 is 1. The van der Waals surface area contributed by atoms with Crippen LogP contribution in [0.25, 0.3) is 11.1 Å². The molecule has 4 nitrogen and oxygen atoms in total. The van der Waals surface area contributed by atoms with Crippen molar-refractivity contribution in [3.8, 4) is 22.6 Å². The van der Waals surface area contributed by atoms with Crippen molar-refractivity contribution in [1.82, 2.24) is 0 Å². The van der Waals surface area contributed by atoms with Gasteiger partial charge in [-0.1, -0.05) is 63.9 Å². The maximum Gasteiger partial charge on any atom is 0.303 e. The molecule has 3 aromatic rings. The summed E-state index contributed by atoms with van der Waals surface area (Å²) in [6.07, 6.45) is 4.75. The van der Waals surface area contributed by atoms with Crippen LogP contribution in [0.5, 0.6) is 11.5 Å². The average Bonchev–Trinajstić information content (AvgIpc) is 2.91. The Morgan fingerprint density at radius 2 is 1.87 bits per heavy atom. The lowest BCUT2D eigenvalue weighted by Gasteiger charge is -2.40. The summed E-state index contributed by atoms with van der Waals surface area (Å²) in [5, 5.41) is 9.23. The zero-order valence-corrected chi connectivity index (χ0v) is 23.2. The van der Waals surface area contributed by atoms with Gasteiger partial charge in [-0.2, -0.15) is 0 Å². The quantitative estimate of drug-likeness (QED) is 0.281. The fraction of sp³-hybridized carbons (Fsp3) is 0.424. The van der Waals surface area contributed by atoms with Crippen LogP contribution < -0.4 is 9.47 Å². The molecule has 0 aromatic heterocycles. The van der Waals surface area contributed by atoms with Crippen molar-refractivity contribution in [3.63, 3.8) is 0 Å². The van der Waals surface area contributed by atoms with Gasteiger partial charge in [0.25, 0.3) is 0 Å². The molecular formula is C33H38F2O4. The van der Waals surface area contributed by atoms with Gasteiger partial charge in [-0.05, 0) is 83.0 Å². The molecule has 1 fully saturated rings. The van der Waals surface area contributed by atoms with Crippen LogP contribution in [0, 0.1) is 17.0 Å². The van der Waals surface area contributed by atoms with E-state index >= 15 is 8.78 Å². The van der Waals surface area contributed by atoms with Crippen molar-refractivity contribution in [2.75, 3.05) is 7.11 Å². The molecule has 0 aliphatic heterocycles. The van der Waals surface area contributed by atoms with Crippen LogP contribution in [0.1, 0.15) is 87.8 Å². The van der Waals surface area contributed by atoms with Gasteiger partial charge in [0.2, 0.25) is 0 Å². The lowest BCUT2D eigenvalue weighted by molar-refractivity contribution is -0.137. The standard InChI is InChI=1S/C33H38F2O4/c1-5-22(18-31(36)37)24-9-8-11-30(32(24)35)39-20-21-12-14-25(27-19-23(38-4)13-15-29(27)34)26(17-21)28-10-6-7-16-33(28,2)3/h8-9,11-15,17,19,22,28H,5-7,10,16,18,20H2,1-4H3,(H,36,37)/t22-,28+/m1/s1. The van der Waals surface area contributed by atoms with Gasteiger partial charge >= 0.3 is 5.97 Å². The topological polar surface area (TPSA) is 55.8 Å². The molecule has 0 spiro atoms. The highest BCUT2D eigenvalue weighted by atomic mass is 19.1. The van der Waals surface area contributed by atoms with Gasteiger partial charge in [0, 0.05) is 5.56 Å². The summed E-state index contributed by atoms with van der Waals surface area (Å²) in [5.41, 5.74) is 3.66. The lowest BCUT2D eigenvalue weighted by atomic mass is 9.65. The molecule has 0 bridgehead atoms. The summed E-state index contributed by atoms with van der Waals surface area (Å²) in [7, 11) is 1.57. The Morgan fingerprint density at radius 1 is 1.08 bits per heavy atom. The summed E-state index contributed by atoms with van der Waals surface area (Å²) in [5.74, 6) is -1.29. The second kappa shape index (κ2) is 12.2. The Balaban J connectivity index is 1.69. The number of carboxylic acid groups (broad SMARTS) is 1. The first-order chi connectivity index (χ1) is 18.6. The average molecular weight is 537 g/mol. The normalized spacial score (nSPS) is 17.4. The number of aliphatic carboxylic acids is 1. The Kier molecular flexibility index (Phi) is 8.94. The zero-order chi connectivity index (χ0) is 28.2. The van der Waals surface area contributed by atoms with Gasteiger partial charge in [0.1, 0.15) is 18.2 Å². The van der Waals surface area contributed by atoms with Gasteiger partial charge in [0.15, 0.2) is 11.6 Å². The van der Waals surface area contributed by atoms with E-state index in [2.05, 4.69) is 19.9 Å². The van der Waals surface area contributed by atoms with E-state index in [0.29, 0.717) is 23.3 Å². The van der Waals surface area contributed by atoms with Gasteiger partial charge in [-0.25, -0.2) is 8.78 Å². The second-order valence-electron chi connectivity index (χ2n) is 11.2. The number of hydrogen-bond acceptors (Lipinski definition) is 3. The Labute approximate surface area is 230 Å². The molecule has 1 aliphatic rings. The van der Waals surface area contributed by atoms with Crippen LogP contribution in [0.15, 0.2) is 54.6 Å². The van der Waals surface area contributed by atoms with E-state index in [1.807, 2.05) is 19.1 Å². The maximum absolute atomic E-state index is 15.4. The van der Waals surface area contributed by atoms with Crippen LogP contribution in [0.4, 0.5) is 8.78 Å². The second-order valence-corrected chi connectivity index (χ2v) is 11.2. The molecule has 1 N–H and O–H groups in total. The minimum Gasteiger partial charge on any atom is -0.497 e. The van der Waals surface area contributed by atoms with Crippen molar-refractivity contribution in [2.45, 2.75) is 77.7 Å². The monoisotopic (exact) mass is 536 g/mol. The molecule has 3 aromatic carbocycles. The van der Waals surface area contributed by atoms with E-state index < -0.39 is 17.7 Å². The minimum atomic E-state index is -0.960. The molecule has 2 atom stereocenters. The lowest BCUT2D eigenvalue weighted by Crippen LogP contribution is -2.26. The van der Waals surface area contributed by atoms with Gasteiger partial charge < -0.3 is 14.6 Å². The molecule has 39 heavy (non-hydrogen) atoms. The van der Waals surface area contributed by atoms with Gasteiger partial charge in [-0.3, -0.25) is 4.79 Å². The largest absolute Gasteiger partial charge is 0.497 e. The van der Waals surface area contributed by atoms with E-state index in [9.17, 15) is 9.90 Å². The first kappa shape index (κ1) is 28.6. The first-order valence-corrected chi connectivity index (χ1v) is 13.7. The van der Waals surface area contributed by atoms with E-state index in [4.69, 9.17) is 9.47 Å². The molecule has 0 unspecified atom stereocenters. The van der Waals surface area contributed by atoms with E-state index in [1.165, 1.54) is 12.5 Å². The number of rotatable bonds is 10. The van der Waals surface area contributed by atoms with E-state index in [-0.39, 0.29) is 35.9 Å². The third kappa shape index (κ3) is 6.43. The number of hydrogen-bond donors (Lipinski definition) is 1. The number of halogens is 2. The van der Waals surface area contributed by atoms with Crippen LogP contribution in [0.2, 0.25) is 0 Å². The number of ether oxygens (including phenoxy) is 2. The van der Waals surface area contributed by atoms with Crippen LogP contribution in [0.3, 0.4) is 0 Å². The highest BCUT2D eigenvalue weighted by molar-refractivity contribution is 5.71. The number of carbonyl (C=O) groups is 1. The summed E-state index contributed by atoms with van der Waals surface area (Å²) in [6.45, 7) is 6.53. The molecule has 1 aliphatic carbocycles. The molecule has 0 saturated heterocycles. The molecule has 0 radical (unpaired) electrons. The fourth-order valence-electron chi connectivity index (χ4n) is 5.94. The van der Waals surface area contributed by atoms with Crippen molar-refractivity contribution in [3.05, 3.63) is 82.9 Å². The van der Waals surface area contributed by atoms with Gasteiger partial charge in [0.05, 0.1) is 13.5 Å². The molecule has 4 rings (SSSR count). The maximum atomic E-state index is 15.4. The zero-order valence-electron chi connectivity index (χ0n) is 23.2. The van der Waals surface area contributed by atoms with Crippen molar-refractivity contribution in [1.29, 1.82) is 0 Å². The fourth-order valence-corrected chi connectivity index (χ4v) is 5.94. The van der Waals surface area contributed by atoms with Crippen molar-refractivity contribution in [2.24, 2.45) is 5.41 Å². The summed E-state index contributed by atoms with van der Waals surface area (Å²) in [4.78, 5) is 11.3. The van der Waals surface area contributed by atoms with Crippen molar-refractivity contribution < 1.29 is 28.2 Å². The Morgan fingerprint density at radius 3 is 2.56 bits per heavy atom. The van der Waals surface area contributed by atoms with Crippen LogP contribution in [-0.2, 0) is 11.4 Å². The van der Waals surface area contributed by atoms with E-state index in [1.54, 1.807) is 37.4 Å². The smallest absolute Gasteiger partial charge is 0.303 e. The predicted octanol–water partition coefficient (Wildman–Crippen LogP) is 8.87. The molecular weight excluding hydrogens is 498 g/mol. The van der Waals surface area contributed by atoms with E-state index in [0.717, 1.165) is 36.0 Å². The third-order valence-corrected chi connectivity index (χ3v) is 8.20. The molecule has 208 valence electrons. The van der Waals surface area contributed by atoms with Crippen LogP contribution >= 0.6 is 0 Å². The predicted molar refractivity (Wildman–Crippen MR) is 149 cm³/mol. The minimum absolute atomic E-state index is 0.0432. The van der Waals surface area contributed by atoms with Crippen LogP contribution in [-0.4, -0.2) is 18.2 Å². The Hall–Kier alpha value is -3.41. The van der Waals surface area contributed by atoms with Gasteiger partial charge in [-0.15, -0.1) is 0 Å². The molecule has 0 heterocycles. The summed E-state index contributed by atoms with van der Waals surface area (Å²) < 4.78 is 41.8. The summed E-state index contributed by atoms with van der Waals surface area (Å²) >= 11 is 0. The van der Waals surface area contributed by atoms with Crippen molar-refractivity contribution >= 4 is 5.97 Å². The third-order valence-electron chi connectivity index (χ3n) is 8.20.